The van der Waals surface area contributed by atoms with Gasteiger partial charge in [0, 0.05) is 6.20 Å². The molecule has 0 atom stereocenters. The van der Waals surface area contributed by atoms with Crippen LogP contribution in [-0.4, -0.2) is 31.9 Å². The number of anilines is 1. The SMILES string of the molecule is Cc1ncc2oc(-c3ccc(NC(=O)Cc4ccc(F)c(OC(F)(F)F)c4)nc3)nn12. The number of rotatable bonds is 5. The maximum Gasteiger partial charge on any atom is 0.573 e. The minimum absolute atomic E-state index is 0.134. The van der Waals surface area contributed by atoms with Crippen LogP contribution in [0, 0.1) is 12.7 Å². The number of hydrogen-bond donors (Lipinski definition) is 1. The molecule has 1 aromatic carbocycles. The van der Waals surface area contributed by atoms with E-state index in [2.05, 4.69) is 25.1 Å². The van der Waals surface area contributed by atoms with Crippen LogP contribution in [-0.2, 0) is 11.2 Å². The van der Waals surface area contributed by atoms with E-state index in [0.717, 1.165) is 12.1 Å². The van der Waals surface area contributed by atoms with Crippen molar-refractivity contribution in [2.75, 3.05) is 5.32 Å². The standard InChI is InChI=1S/C19H13F4N5O3/c1-10-24-9-17-28(10)27-18(30-17)12-3-5-15(25-8-12)26-16(29)7-11-2-4-13(20)14(6-11)31-19(21,22)23/h2-6,8-9H,7H2,1H3,(H,25,26,29). The van der Waals surface area contributed by atoms with Crippen molar-refractivity contribution in [3.8, 4) is 17.2 Å². The van der Waals surface area contributed by atoms with E-state index in [1.165, 1.54) is 29.0 Å². The number of ether oxygens (including phenoxy) is 1. The molecule has 0 fully saturated rings. The zero-order chi connectivity index (χ0) is 22.2. The number of nitrogens with one attached hydrogen (secondary N) is 1. The van der Waals surface area contributed by atoms with E-state index < -0.39 is 23.8 Å². The van der Waals surface area contributed by atoms with Crippen LogP contribution >= 0.6 is 0 Å². The van der Waals surface area contributed by atoms with Crippen LogP contribution in [0.3, 0.4) is 0 Å². The van der Waals surface area contributed by atoms with Gasteiger partial charge in [0.2, 0.25) is 17.5 Å². The summed E-state index contributed by atoms with van der Waals surface area (Å²) in [6.07, 6.45) is -2.38. The predicted octanol–water partition coefficient (Wildman–Crippen LogP) is 3.91. The summed E-state index contributed by atoms with van der Waals surface area (Å²) in [5, 5.41) is 6.78. The van der Waals surface area contributed by atoms with Crippen molar-refractivity contribution in [2.45, 2.75) is 19.7 Å². The number of halogens is 4. The van der Waals surface area contributed by atoms with Gasteiger partial charge in [0.25, 0.3) is 0 Å². The van der Waals surface area contributed by atoms with Crippen molar-refractivity contribution >= 4 is 17.4 Å². The van der Waals surface area contributed by atoms with Crippen molar-refractivity contribution < 1.29 is 31.5 Å². The topological polar surface area (TPSA) is 94.5 Å². The highest BCUT2D eigenvalue weighted by molar-refractivity contribution is 5.91. The summed E-state index contributed by atoms with van der Waals surface area (Å²) in [5.41, 5.74) is 1.17. The number of amides is 1. The molecule has 0 aliphatic rings. The Morgan fingerprint density at radius 3 is 2.68 bits per heavy atom. The number of carbonyl (C=O) groups is 1. The quantitative estimate of drug-likeness (QED) is 0.478. The Labute approximate surface area is 171 Å². The molecular weight excluding hydrogens is 422 g/mol. The van der Waals surface area contributed by atoms with Gasteiger partial charge >= 0.3 is 6.36 Å². The molecule has 1 N–H and O–H groups in total. The summed E-state index contributed by atoms with van der Waals surface area (Å²) >= 11 is 0. The first-order chi connectivity index (χ1) is 14.7. The number of imidazole rings is 1. The number of benzene rings is 1. The number of pyridine rings is 1. The highest BCUT2D eigenvalue weighted by Gasteiger charge is 2.32. The van der Waals surface area contributed by atoms with E-state index in [1.54, 1.807) is 13.0 Å². The zero-order valence-corrected chi connectivity index (χ0v) is 15.8. The first-order valence-electron chi connectivity index (χ1n) is 8.79. The minimum Gasteiger partial charge on any atom is -0.417 e. The monoisotopic (exact) mass is 435 g/mol. The average molecular weight is 435 g/mol. The van der Waals surface area contributed by atoms with Crippen LogP contribution in [0.4, 0.5) is 23.4 Å². The lowest BCUT2D eigenvalue weighted by Crippen LogP contribution is -2.19. The number of aromatic nitrogens is 4. The molecule has 1 amide bonds. The van der Waals surface area contributed by atoms with E-state index in [9.17, 15) is 22.4 Å². The molecule has 3 heterocycles. The highest BCUT2D eigenvalue weighted by Crippen LogP contribution is 2.27. The van der Waals surface area contributed by atoms with Gasteiger partial charge in [0.1, 0.15) is 11.6 Å². The van der Waals surface area contributed by atoms with E-state index >= 15 is 0 Å². The van der Waals surface area contributed by atoms with Gasteiger partial charge in [-0.1, -0.05) is 6.07 Å². The maximum atomic E-state index is 13.5. The molecule has 12 heteroatoms. The Morgan fingerprint density at radius 2 is 2.00 bits per heavy atom. The fraction of sp³-hybridized carbons (Fsp3) is 0.158. The second-order valence-corrected chi connectivity index (χ2v) is 6.43. The summed E-state index contributed by atoms with van der Waals surface area (Å²) in [6.45, 7) is 1.77. The van der Waals surface area contributed by atoms with Crippen LogP contribution < -0.4 is 10.1 Å². The molecule has 31 heavy (non-hydrogen) atoms. The smallest absolute Gasteiger partial charge is 0.417 e. The molecule has 4 aromatic rings. The first kappa shape index (κ1) is 20.3. The molecule has 0 saturated carbocycles. The van der Waals surface area contributed by atoms with E-state index in [-0.39, 0.29) is 17.8 Å². The third-order valence-corrected chi connectivity index (χ3v) is 4.13. The van der Waals surface area contributed by atoms with Crippen LogP contribution in [0.1, 0.15) is 11.4 Å². The molecule has 0 aliphatic heterocycles. The number of nitrogens with zero attached hydrogens (tertiary/aromatic N) is 4. The van der Waals surface area contributed by atoms with Crippen molar-refractivity contribution in [1.29, 1.82) is 0 Å². The van der Waals surface area contributed by atoms with Crippen molar-refractivity contribution in [3.05, 3.63) is 59.9 Å². The molecule has 3 aromatic heterocycles. The molecule has 0 unspecified atom stereocenters. The number of hydrogen-bond acceptors (Lipinski definition) is 6. The van der Waals surface area contributed by atoms with E-state index in [4.69, 9.17) is 4.42 Å². The lowest BCUT2D eigenvalue weighted by Gasteiger charge is -2.11. The van der Waals surface area contributed by atoms with Gasteiger partial charge in [-0.3, -0.25) is 4.79 Å². The Kier molecular flexibility index (Phi) is 5.05. The largest absolute Gasteiger partial charge is 0.573 e. The van der Waals surface area contributed by atoms with Crippen molar-refractivity contribution in [2.24, 2.45) is 0 Å². The second kappa shape index (κ2) is 7.70. The lowest BCUT2D eigenvalue weighted by molar-refractivity contribution is -0.275. The minimum atomic E-state index is -5.04. The number of carbonyl (C=O) groups excluding carboxylic acids is 1. The van der Waals surface area contributed by atoms with Crippen LogP contribution in [0.15, 0.2) is 47.1 Å². The molecule has 0 saturated heterocycles. The lowest BCUT2D eigenvalue weighted by atomic mass is 10.1. The molecule has 8 nitrogen and oxygen atoms in total. The summed E-state index contributed by atoms with van der Waals surface area (Å²) in [5.74, 6) is -1.57. The van der Waals surface area contributed by atoms with Gasteiger partial charge in [-0.2, -0.15) is 4.52 Å². The Balaban J connectivity index is 1.42. The Morgan fingerprint density at radius 1 is 1.19 bits per heavy atom. The maximum absolute atomic E-state index is 13.5. The van der Waals surface area contributed by atoms with Gasteiger partial charge in [0.05, 0.1) is 18.2 Å². The van der Waals surface area contributed by atoms with Crippen LogP contribution in [0.2, 0.25) is 0 Å². The third kappa shape index (κ3) is 4.63. The first-order valence-corrected chi connectivity index (χ1v) is 8.79. The predicted molar refractivity (Wildman–Crippen MR) is 98.6 cm³/mol. The zero-order valence-electron chi connectivity index (χ0n) is 15.8. The number of fused-ring (bicyclic) bond motifs is 1. The molecular formula is C19H13F4N5O3. The fourth-order valence-electron chi connectivity index (χ4n) is 2.76. The van der Waals surface area contributed by atoms with Gasteiger partial charge in [-0.25, -0.2) is 14.4 Å². The van der Waals surface area contributed by atoms with Gasteiger partial charge in [-0.15, -0.1) is 18.3 Å². The van der Waals surface area contributed by atoms with E-state index in [0.29, 0.717) is 23.0 Å². The highest BCUT2D eigenvalue weighted by atomic mass is 19.4. The Bertz CT molecular complexity index is 1250. The van der Waals surface area contributed by atoms with Crippen molar-refractivity contribution in [3.63, 3.8) is 0 Å². The van der Waals surface area contributed by atoms with Crippen LogP contribution in [0.25, 0.3) is 17.2 Å². The fourth-order valence-corrected chi connectivity index (χ4v) is 2.76. The molecule has 0 aliphatic carbocycles. The Hall–Kier alpha value is -3.96. The summed E-state index contributed by atoms with van der Waals surface area (Å²) in [7, 11) is 0. The average Bonchev–Trinajstić information content (AvgIpc) is 3.26. The van der Waals surface area contributed by atoms with Gasteiger partial charge in [0.15, 0.2) is 11.6 Å². The molecule has 0 spiro atoms. The summed E-state index contributed by atoms with van der Waals surface area (Å²) < 4.78 is 61.2. The van der Waals surface area contributed by atoms with Gasteiger partial charge in [-0.05, 0) is 36.8 Å². The molecule has 0 radical (unpaired) electrons. The molecule has 160 valence electrons. The van der Waals surface area contributed by atoms with Gasteiger partial charge < -0.3 is 14.5 Å². The second-order valence-electron chi connectivity index (χ2n) is 6.43. The molecule has 0 bridgehead atoms. The van der Waals surface area contributed by atoms with Crippen LogP contribution in [0.5, 0.6) is 5.75 Å². The normalized spacial score (nSPS) is 11.6. The van der Waals surface area contributed by atoms with Crippen molar-refractivity contribution in [1.82, 2.24) is 19.6 Å². The number of aryl methyl sites for hydroxylation is 1. The number of alkyl halides is 3. The molecule has 4 rings (SSSR count). The third-order valence-electron chi connectivity index (χ3n) is 4.13. The summed E-state index contributed by atoms with van der Waals surface area (Å²) in [4.78, 5) is 20.4. The summed E-state index contributed by atoms with van der Waals surface area (Å²) in [6, 6.07) is 5.95. The van der Waals surface area contributed by atoms with E-state index in [1.807, 2.05) is 0 Å².